The standard InChI is InChI=1S/C21H27N5O/c1-12(2)17-18(15-9-13(3)21(27)26(4)11-15)24-16-10-23-20(25-19(16)17)14-5-7-22-8-6-14/h9-12,14,22,24H,5-8H2,1-4H3. The van der Waals surface area contributed by atoms with Crippen LogP contribution in [0.3, 0.4) is 0 Å². The number of aromatic nitrogens is 4. The predicted molar refractivity (Wildman–Crippen MR) is 108 cm³/mol. The largest absolute Gasteiger partial charge is 0.352 e. The van der Waals surface area contributed by atoms with E-state index in [1.54, 1.807) is 11.6 Å². The van der Waals surface area contributed by atoms with E-state index in [0.717, 1.165) is 59.6 Å². The number of nitrogens with zero attached hydrogens (tertiary/aromatic N) is 3. The van der Waals surface area contributed by atoms with Crippen LogP contribution in [0.4, 0.5) is 0 Å². The van der Waals surface area contributed by atoms with E-state index in [1.807, 2.05) is 25.4 Å². The number of rotatable bonds is 3. The van der Waals surface area contributed by atoms with Crippen LogP contribution in [0.15, 0.2) is 23.3 Å². The second kappa shape index (κ2) is 6.93. The Morgan fingerprint density at radius 1 is 1.26 bits per heavy atom. The fourth-order valence-electron chi connectivity index (χ4n) is 4.09. The molecule has 6 heteroatoms. The molecular weight excluding hydrogens is 338 g/mol. The van der Waals surface area contributed by atoms with Crippen LogP contribution in [0.1, 0.15) is 55.5 Å². The average molecular weight is 365 g/mol. The van der Waals surface area contributed by atoms with Gasteiger partial charge in [0.2, 0.25) is 0 Å². The first-order chi connectivity index (χ1) is 13.0. The zero-order valence-electron chi connectivity index (χ0n) is 16.5. The monoisotopic (exact) mass is 365 g/mol. The highest BCUT2D eigenvalue weighted by atomic mass is 16.1. The summed E-state index contributed by atoms with van der Waals surface area (Å²) in [5.74, 6) is 1.68. The van der Waals surface area contributed by atoms with Crippen molar-refractivity contribution in [3.8, 4) is 11.3 Å². The fourth-order valence-corrected chi connectivity index (χ4v) is 4.09. The number of nitrogens with one attached hydrogen (secondary N) is 2. The lowest BCUT2D eigenvalue weighted by molar-refractivity contribution is 0.446. The lowest BCUT2D eigenvalue weighted by atomic mass is 9.96. The highest BCUT2D eigenvalue weighted by Gasteiger charge is 2.22. The summed E-state index contributed by atoms with van der Waals surface area (Å²) in [6.07, 6.45) is 5.98. The Morgan fingerprint density at radius 2 is 2.00 bits per heavy atom. The number of piperidine rings is 1. The van der Waals surface area contributed by atoms with E-state index >= 15 is 0 Å². The SMILES string of the molecule is Cc1cc(-c2[nH]c3cnc(C4CCNCC4)nc3c2C(C)C)cn(C)c1=O. The van der Waals surface area contributed by atoms with E-state index in [9.17, 15) is 4.79 Å². The second-order valence-corrected chi connectivity index (χ2v) is 7.91. The van der Waals surface area contributed by atoms with E-state index in [2.05, 4.69) is 29.1 Å². The molecule has 0 aliphatic carbocycles. The van der Waals surface area contributed by atoms with Crippen molar-refractivity contribution in [1.82, 2.24) is 24.8 Å². The molecule has 6 nitrogen and oxygen atoms in total. The van der Waals surface area contributed by atoms with Crippen LogP contribution in [0.2, 0.25) is 0 Å². The summed E-state index contributed by atoms with van der Waals surface area (Å²) >= 11 is 0. The Labute approximate surface area is 159 Å². The average Bonchev–Trinajstić information content (AvgIpc) is 3.05. The van der Waals surface area contributed by atoms with Crippen LogP contribution in [0, 0.1) is 6.92 Å². The first kappa shape index (κ1) is 17.9. The Hall–Kier alpha value is -2.47. The van der Waals surface area contributed by atoms with Crippen molar-refractivity contribution in [2.45, 2.75) is 45.4 Å². The molecule has 0 aromatic carbocycles. The molecule has 142 valence electrons. The number of hydrogen-bond acceptors (Lipinski definition) is 4. The summed E-state index contributed by atoms with van der Waals surface area (Å²) in [7, 11) is 1.80. The lowest BCUT2D eigenvalue weighted by Crippen LogP contribution is -2.27. The van der Waals surface area contributed by atoms with Crippen molar-refractivity contribution in [1.29, 1.82) is 0 Å². The maximum absolute atomic E-state index is 12.1. The number of hydrogen-bond donors (Lipinski definition) is 2. The number of aryl methyl sites for hydroxylation is 2. The number of pyridine rings is 1. The zero-order chi connectivity index (χ0) is 19.1. The van der Waals surface area contributed by atoms with Gasteiger partial charge in [0.1, 0.15) is 5.82 Å². The van der Waals surface area contributed by atoms with Crippen LogP contribution in [0.5, 0.6) is 0 Å². The highest BCUT2D eigenvalue weighted by Crippen LogP contribution is 2.35. The Kier molecular flexibility index (Phi) is 4.60. The van der Waals surface area contributed by atoms with Crippen LogP contribution in [-0.4, -0.2) is 32.6 Å². The van der Waals surface area contributed by atoms with E-state index in [-0.39, 0.29) is 5.56 Å². The van der Waals surface area contributed by atoms with Crippen molar-refractivity contribution in [3.63, 3.8) is 0 Å². The van der Waals surface area contributed by atoms with Crippen molar-refractivity contribution in [3.05, 3.63) is 45.8 Å². The first-order valence-corrected chi connectivity index (χ1v) is 9.72. The molecule has 3 aromatic heterocycles. The summed E-state index contributed by atoms with van der Waals surface area (Å²) in [6.45, 7) is 8.29. The molecule has 1 saturated heterocycles. The van der Waals surface area contributed by atoms with Crippen molar-refractivity contribution >= 4 is 11.0 Å². The Balaban J connectivity index is 1.88. The molecule has 0 unspecified atom stereocenters. The van der Waals surface area contributed by atoms with Crippen LogP contribution >= 0.6 is 0 Å². The molecule has 3 aromatic rings. The predicted octanol–water partition coefficient (Wildman–Crippen LogP) is 3.22. The van der Waals surface area contributed by atoms with Gasteiger partial charge in [0, 0.05) is 35.9 Å². The molecule has 2 N–H and O–H groups in total. The maximum Gasteiger partial charge on any atom is 0.253 e. The van der Waals surface area contributed by atoms with E-state index < -0.39 is 0 Å². The molecule has 27 heavy (non-hydrogen) atoms. The first-order valence-electron chi connectivity index (χ1n) is 9.72. The molecule has 1 fully saturated rings. The smallest absolute Gasteiger partial charge is 0.253 e. The number of H-pyrrole nitrogens is 1. The minimum atomic E-state index is 0.0361. The third kappa shape index (κ3) is 3.18. The molecule has 0 saturated carbocycles. The maximum atomic E-state index is 12.1. The third-order valence-corrected chi connectivity index (χ3v) is 5.52. The van der Waals surface area contributed by atoms with Gasteiger partial charge in [-0.05, 0) is 44.8 Å². The molecule has 0 amide bonds. The van der Waals surface area contributed by atoms with Gasteiger partial charge >= 0.3 is 0 Å². The van der Waals surface area contributed by atoms with Gasteiger partial charge in [-0.2, -0.15) is 0 Å². The molecule has 1 aliphatic rings. The Bertz CT molecular complexity index is 1010. The molecule has 1 aliphatic heterocycles. The third-order valence-electron chi connectivity index (χ3n) is 5.52. The number of fused-ring (bicyclic) bond motifs is 1. The van der Waals surface area contributed by atoms with E-state index in [4.69, 9.17) is 4.98 Å². The van der Waals surface area contributed by atoms with E-state index in [1.165, 1.54) is 5.56 Å². The lowest BCUT2D eigenvalue weighted by Gasteiger charge is -2.21. The van der Waals surface area contributed by atoms with Crippen LogP contribution in [-0.2, 0) is 7.05 Å². The summed E-state index contributed by atoms with van der Waals surface area (Å²) in [4.78, 5) is 25.3. The molecule has 4 rings (SSSR count). The fraction of sp³-hybridized carbons (Fsp3) is 0.476. The topological polar surface area (TPSA) is 75.6 Å². The van der Waals surface area contributed by atoms with Gasteiger partial charge in [-0.25, -0.2) is 9.97 Å². The molecular formula is C21H27N5O. The molecule has 4 heterocycles. The normalized spacial score (nSPS) is 15.7. The second-order valence-electron chi connectivity index (χ2n) is 7.91. The summed E-state index contributed by atoms with van der Waals surface area (Å²) in [6, 6.07) is 1.96. The highest BCUT2D eigenvalue weighted by molar-refractivity contribution is 5.88. The summed E-state index contributed by atoms with van der Waals surface area (Å²) in [5.41, 5.74) is 5.99. The summed E-state index contributed by atoms with van der Waals surface area (Å²) in [5, 5.41) is 3.40. The van der Waals surface area contributed by atoms with E-state index in [0.29, 0.717) is 11.8 Å². The molecule has 0 spiro atoms. The molecule has 0 atom stereocenters. The van der Waals surface area contributed by atoms with Crippen molar-refractivity contribution < 1.29 is 0 Å². The van der Waals surface area contributed by atoms with Gasteiger partial charge in [-0.1, -0.05) is 13.8 Å². The van der Waals surface area contributed by atoms with Crippen molar-refractivity contribution in [2.24, 2.45) is 7.05 Å². The minimum Gasteiger partial charge on any atom is -0.352 e. The quantitative estimate of drug-likeness (QED) is 0.747. The zero-order valence-corrected chi connectivity index (χ0v) is 16.5. The number of aromatic amines is 1. The van der Waals surface area contributed by atoms with Gasteiger partial charge in [0.15, 0.2) is 0 Å². The van der Waals surface area contributed by atoms with Gasteiger partial charge in [-0.3, -0.25) is 4.79 Å². The van der Waals surface area contributed by atoms with Gasteiger partial charge in [0.05, 0.1) is 22.9 Å². The molecule has 0 radical (unpaired) electrons. The molecule has 0 bridgehead atoms. The van der Waals surface area contributed by atoms with Gasteiger partial charge < -0.3 is 14.9 Å². The Morgan fingerprint density at radius 3 is 2.67 bits per heavy atom. The van der Waals surface area contributed by atoms with Crippen LogP contribution < -0.4 is 10.9 Å². The van der Waals surface area contributed by atoms with Gasteiger partial charge in [-0.15, -0.1) is 0 Å². The van der Waals surface area contributed by atoms with Crippen LogP contribution in [0.25, 0.3) is 22.3 Å². The van der Waals surface area contributed by atoms with Crippen molar-refractivity contribution in [2.75, 3.05) is 13.1 Å². The summed E-state index contributed by atoms with van der Waals surface area (Å²) < 4.78 is 1.65. The van der Waals surface area contributed by atoms with Gasteiger partial charge in [0.25, 0.3) is 5.56 Å². The minimum absolute atomic E-state index is 0.0361.